The van der Waals surface area contributed by atoms with Crippen molar-refractivity contribution in [3.63, 3.8) is 0 Å². The number of hydrogen-bond donors (Lipinski definition) is 8. The van der Waals surface area contributed by atoms with Crippen molar-refractivity contribution < 1.29 is 53.2 Å². The minimum Gasteiger partial charge on any atom is -0.504 e. The molecule has 0 spiro atoms. The number of carbonyl (C=O) groups excluding carboxylic acids is 5. The highest BCUT2D eigenvalue weighted by Crippen LogP contribution is 2.39. The van der Waals surface area contributed by atoms with E-state index in [1.807, 2.05) is 0 Å². The first kappa shape index (κ1) is 41.6. The molecule has 0 fully saturated rings. The molecular weight excluding hydrogens is 728 g/mol. The summed E-state index contributed by atoms with van der Waals surface area (Å²) in [5, 5.41) is 30.9. The molecule has 0 saturated carbocycles. The van der Waals surface area contributed by atoms with E-state index in [1.165, 1.54) is 78.9 Å². The summed E-state index contributed by atoms with van der Waals surface area (Å²) >= 11 is 0. The molecule has 10 N–H and O–H groups in total. The van der Waals surface area contributed by atoms with Gasteiger partial charge in [0.05, 0.1) is 34.7 Å². The van der Waals surface area contributed by atoms with Gasteiger partial charge in [0.25, 0.3) is 17.7 Å². The van der Waals surface area contributed by atoms with Crippen LogP contribution in [0.4, 0.5) is 22.7 Å². The molecule has 4 aromatic carbocycles. The van der Waals surface area contributed by atoms with Crippen molar-refractivity contribution in [1.82, 2.24) is 5.32 Å². The molecule has 56 heavy (non-hydrogen) atoms. The highest BCUT2D eigenvalue weighted by molar-refractivity contribution is 6.10. The first-order chi connectivity index (χ1) is 26.5. The summed E-state index contributed by atoms with van der Waals surface area (Å²) in [5.41, 5.74) is 11.9. The van der Waals surface area contributed by atoms with E-state index in [2.05, 4.69) is 21.3 Å². The summed E-state index contributed by atoms with van der Waals surface area (Å²) in [6, 6.07) is 16.4. The number of carboxylic acids is 1. The lowest BCUT2D eigenvalue weighted by molar-refractivity contribution is -0.134. The zero-order valence-corrected chi connectivity index (χ0v) is 31.0. The third kappa shape index (κ3) is 10.5. The van der Waals surface area contributed by atoms with Gasteiger partial charge in [0.2, 0.25) is 11.8 Å². The zero-order valence-electron chi connectivity index (χ0n) is 31.0. The number of amides is 5. The van der Waals surface area contributed by atoms with Crippen LogP contribution in [0.5, 0.6) is 17.2 Å². The molecule has 4 aromatic rings. The number of aromatic hydroxyl groups is 1. The second-order valence-corrected chi connectivity index (χ2v) is 12.8. The molecule has 0 unspecified atom stereocenters. The number of hydrogen-bond acceptors (Lipinski definition) is 11. The Morgan fingerprint density at radius 2 is 1.23 bits per heavy atom. The normalized spacial score (nSPS) is 11.9. The van der Waals surface area contributed by atoms with Crippen LogP contribution in [0.25, 0.3) is 0 Å². The van der Waals surface area contributed by atoms with Gasteiger partial charge < -0.3 is 57.2 Å². The standard InChI is InChI=1S/C39H42N6O11/c1-19(2)55-29-18-23(39(52)53)10-16-27(29)43-37(50)26-15-17-28(32(31(26)46)56-20(3)4)44-35(48)22-8-13-25(14-9-22)42-38(51)30(33(54-5)34(41)47)45-36(49)21-6-11-24(40)12-7-21/h6-20,30,33,46H,40H2,1-5H3,(H2,41,47)(H,42,51)(H,43,50)(H,44,48)(H,45,49)(H,52,53)/t30-,33+/m0/s1. The molecular formula is C39H42N6O11. The molecule has 0 aromatic heterocycles. The number of nitrogens with one attached hydrogen (secondary N) is 4. The van der Waals surface area contributed by atoms with Crippen LogP contribution in [0.15, 0.2) is 78.9 Å². The van der Waals surface area contributed by atoms with Crippen LogP contribution in [-0.2, 0) is 14.3 Å². The lowest BCUT2D eigenvalue weighted by Gasteiger charge is -2.24. The van der Waals surface area contributed by atoms with Gasteiger partial charge in [-0.1, -0.05) is 0 Å². The lowest BCUT2D eigenvalue weighted by Crippen LogP contribution is -2.56. The highest BCUT2D eigenvalue weighted by atomic mass is 16.5. The number of rotatable bonds is 16. The molecule has 2 atom stereocenters. The van der Waals surface area contributed by atoms with Crippen LogP contribution >= 0.6 is 0 Å². The van der Waals surface area contributed by atoms with Crippen molar-refractivity contribution in [3.05, 3.63) is 101 Å². The van der Waals surface area contributed by atoms with Gasteiger partial charge in [-0.2, -0.15) is 0 Å². The van der Waals surface area contributed by atoms with Gasteiger partial charge in [-0.3, -0.25) is 24.0 Å². The average Bonchev–Trinajstić information content (AvgIpc) is 3.13. The topological polar surface area (TPSA) is 271 Å². The van der Waals surface area contributed by atoms with Crippen LogP contribution < -0.4 is 42.2 Å². The first-order valence-electron chi connectivity index (χ1n) is 17.1. The largest absolute Gasteiger partial charge is 0.504 e. The molecule has 0 heterocycles. The number of ether oxygens (including phenoxy) is 3. The number of benzene rings is 4. The molecule has 5 amide bonds. The van der Waals surface area contributed by atoms with Crippen LogP contribution in [-0.4, -0.2) is 77.2 Å². The summed E-state index contributed by atoms with van der Waals surface area (Å²) in [4.78, 5) is 76.5. The van der Waals surface area contributed by atoms with E-state index in [1.54, 1.807) is 27.7 Å². The van der Waals surface area contributed by atoms with Crippen LogP contribution in [0.2, 0.25) is 0 Å². The quantitative estimate of drug-likeness (QED) is 0.0752. The molecule has 0 aliphatic rings. The summed E-state index contributed by atoms with van der Waals surface area (Å²) < 4.78 is 16.6. The Morgan fingerprint density at radius 3 is 1.80 bits per heavy atom. The van der Waals surface area contributed by atoms with E-state index in [-0.39, 0.29) is 56.9 Å². The second kappa shape index (κ2) is 18.3. The van der Waals surface area contributed by atoms with Crippen molar-refractivity contribution in [2.75, 3.05) is 28.8 Å². The Hall–Kier alpha value is -7.14. The molecule has 0 aliphatic carbocycles. The number of nitrogens with two attached hydrogens (primary N) is 2. The maximum atomic E-state index is 13.4. The third-order valence-corrected chi connectivity index (χ3v) is 7.81. The third-order valence-electron chi connectivity index (χ3n) is 7.81. The zero-order chi connectivity index (χ0) is 41.3. The lowest BCUT2D eigenvalue weighted by atomic mass is 10.1. The summed E-state index contributed by atoms with van der Waals surface area (Å²) in [5.74, 6) is -5.82. The van der Waals surface area contributed by atoms with Gasteiger partial charge in [-0.25, -0.2) is 4.79 Å². The Labute approximate surface area is 321 Å². The number of primary amides is 1. The van der Waals surface area contributed by atoms with Crippen LogP contribution in [0.1, 0.15) is 69.1 Å². The molecule has 0 aliphatic heterocycles. The average molecular weight is 771 g/mol. The fraction of sp³-hybridized carbons (Fsp3) is 0.231. The Kier molecular flexibility index (Phi) is 13.6. The monoisotopic (exact) mass is 770 g/mol. The number of carboxylic acid groups (broad SMARTS) is 1. The number of anilines is 4. The number of nitrogen functional groups attached to an aromatic ring is 1. The van der Waals surface area contributed by atoms with Crippen molar-refractivity contribution >= 4 is 58.3 Å². The van der Waals surface area contributed by atoms with Crippen molar-refractivity contribution in [2.24, 2.45) is 5.73 Å². The van der Waals surface area contributed by atoms with Gasteiger partial charge in [0.15, 0.2) is 17.6 Å². The Balaban J connectivity index is 1.52. The van der Waals surface area contributed by atoms with Crippen molar-refractivity contribution in [2.45, 2.75) is 52.0 Å². The second-order valence-electron chi connectivity index (χ2n) is 12.8. The number of methoxy groups -OCH3 is 1. The number of phenolic OH excluding ortho intramolecular Hbond substituents is 1. The SMILES string of the molecule is CO[C@@H](C(N)=O)[C@H](NC(=O)c1ccc(N)cc1)C(=O)Nc1ccc(C(=O)Nc2ccc(C(=O)Nc3ccc(C(=O)O)cc3OC(C)C)c(O)c2OC(C)C)cc1. The minimum absolute atomic E-state index is 0.0292. The van der Waals surface area contributed by atoms with E-state index in [4.69, 9.17) is 25.7 Å². The summed E-state index contributed by atoms with van der Waals surface area (Å²) in [6.45, 7) is 6.82. The van der Waals surface area contributed by atoms with Gasteiger partial charge in [-0.05, 0) is 107 Å². The predicted molar refractivity (Wildman–Crippen MR) is 206 cm³/mol. The molecule has 4 rings (SSSR count). The summed E-state index contributed by atoms with van der Waals surface area (Å²) in [7, 11) is 1.15. The van der Waals surface area contributed by atoms with Gasteiger partial charge in [0.1, 0.15) is 11.8 Å². The Morgan fingerprint density at radius 1 is 0.679 bits per heavy atom. The molecule has 17 heteroatoms. The smallest absolute Gasteiger partial charge is 0.335 e. The van der Waals surface area contributed by atoms with Crippen molar-refractivity contribution in [1.29, 1.82) is 0 Å². The van der Waals surface area contributed by atoms with Crippen LogP contribution in [0.3, 0.4) is 0 Å². The van der Waals surface area contributed by atoms with Crippen LogP contribution in [0, 0.1) is 0 Å². The number of phenols is 1. The maximum absolute atomic E-state index is 13.4. The molecule has 0 radical (unpaired) electrons. The Bertz CT molecular complexity index is 2120. The molecule has 0 bridgehead atoms. The maximum Gasteiger partial charge on any atom is 0.335 e. The van der Waals surface area contributed by atoms with Gasteiger partial charge >= 0.3 is 5.97 Å². The molecule has 0 saturated heterocycles. The molecule has 294 valence electrons. The first-order valence-corrected chi connectivity index (χ1v) is 17.1. The number of carbonyl (C=O) groups is 6. The fourth-order valence-corrected chi connectivity index (χ4v) is 5.18. The van der Waals surface area contributed by atoms with E-state index in [9.17, 15) is 39.0 Å². The van der Waals surface area contributed by atoms with E-state index in [0.29, 0.717) is 5.69 Å². The van der Waals surface area contributed by atoms with Gasteiger partial charge in [-0.15, -0.1) is 0 Å². The van der Waals surface area contributed by atoms with E-state index in [0.717, 1.165) is 7.11 Å². The number of aromatic carboxylic acids is 1. The fourth-order valence-electron chi connectivity index (χ4n) is 5.18. The van der Waals surface area contributed by atoms with Crippen molar-refractivity contribution in [3.8, 4) is 17.2 Å². The molecule has 17 nitrogen and oxygen atoms in total. The highest BCUT2D eigenvalue weighted by Gasteiger charge is 2.34. The minimum atomic E-state index is -1.55. The predicted octanol–water partition coefficient (Wildman–Crippen LogP) is 3.99. The van der Waals surface area contributed by atoms with Gasteiger partial charge in [0, 0.05) is 29.6 Å². The summed E-state index contributed by atoms with van der Waals surface area (Å²) in [6.07, 6.45) is -2.38. The van der Waals surface area contributed by atoms with E-state index < -0.39 is 59.5 Å². The van der Waals surface area contributed by atoms with E-state index >= 15 is 0 Å².